The lowest BCUT2D eigenvalue weighted by Crippen LogP contribution is -2.16. The third kappa shape index (κ3) is 6.31. The van der Waals surface area contributed by atoms with Crippen LogP contribution in [0.25, 0.3) is 11.3 Å². The summed E-state index contributed by atoms with van der Waals surface area (Å²) in [7, 11) is -2.70. The maximum absolute atomic E-state index is 14.1. The summed E-state index contributed by atoms with van der Waals surface area (Å²) in [4.78, 5) is 13.3. The van der Waals surface area contributed by atoms with E-state index in [1.807, 2.05) is 6.07 Å². The molecular weight excluding hydrogens is 584 g/mol. The van der Waals surface area contributed by atoms with E-state index in [-0.39, 0.29) is 22.5 Å². The Labute approximate surface area is 245 Å². The van der Waals surface area contributed by atoms with Gasteiger partial charge in [0.25, 0.3) is 10.0 Å². The number of hydrogen-bond acceptors (Lipinski definition) is 9. The summed E-state index contributed by atoms with van der Waals surface area (Å²) in [5.74, 6) is -1.68. The number of nitrogens with one attached hydrogen (secondary N) is 2. The Morgan fingerprint density at radius 2 is 1.88 bits per heavy atom. The Morgan fingerprint density at radius 3 is 2.60 bits per heavy atom. The van der Waals surface area contributed by atoms with Crippen LogP contribution < -0.4 is 14.8 Å². The van der Waals surface area contributed by atoms with Crippen molar-refractivity contribution >= 4 is 32.2 Å². The van der Waals surface area contributed by atoms with Gasteiger partial charge >= 0.3 is 0 Å². The zero-order chi connectivity index (χ0) is 29.9. The zero-order valence-electron chi connectivity index (χ0n) is 22.4. The topological polar surface area (TPSA) is 126 Å². The second-order valence-electron chi connectivity index (χ2n) is 9.23. The van der Waals surface area contributed by atoms with Crippen LogP contribution in [0.3, 0.4) is 0 Å². The number of nitrogens with zero attached hydrogens (tertiary/aromatic N) is 3. The molecule has 0 aliphatic rings. The number of halogens is 2. The number of anilines is 2. The molecular formula is C29H25F2N5O4S2. The molecule has 9 nitrogen and oxygen atoms in total. The van der Waals surface area contributed by atoms with Gasteiger partial charge in [-0.15, -0.1) is 11.3 Å². The first-order chi connectivity index (χ1) is 20.1. The molecule has 0 aliphatic heterocycles. The number of hydrogen-bond donors (Lipinski definition) is 3. The van der Waals surface area contributed by atoms with Crippen LogP contribution in [0.2, 0.25) is 0 Å². The lowest BCUT2D eigenvalue weighted by Gasteiger charge is -2.12. The van der Waals surface area contributed by atoms with Crippen molar-refractivity contribution in [2.75, 3.05) is 17.1 Å². The van der Waals surface area contributed by atoms with Crippen LogP contribution in [0.1, 0.15) is 21.6 Å². The number of aryl methyl sites for hydroxylation is 1. The van der Waals surface area contributed by atoms with Gasteiger partial charge < -0.3 is 15.2 Å². The minimum Gasteiger partial charge on any atom is -0.504 e. The number of aromatic nitrogens is 3. The van der Waals surface area contributed by atoms with E-state index in [0.29, 0.717) is 45.1 Å². The van der Waals surface area contributed by atoms with Crippen molar-refractivity contribution in [1.29, 1.82) is 0 Å². The van der Waals surface area contributed by atoms with E-state index >= 15 is 0 Å². The molecule has 5 aromatic rings. The number of benzene rings is 2. The Morgan fingerprint density at radius 1 is 1.05 bits per heavy atom. The van der Waals surface area contributed by atoms with Crippen molar-refractivity contribution in [1.82, 2.24) is 15.0 Å². The minimum atomic E-state index is -4.16. The fraction of sp³-hybridized carbons (Fsp3) is 0.138. The highest BCUT2D eigenvalue weighted by atomic mass is 32.2. The molecule has 0 aliphatic carbocycles. The maximum Gasteiger partial charge on any atom is 0.281 e. The minimum absolute atomic E-state index is 0.00895. The van der Waals surface area contributed by atoms with Gasteiger partial charge in [0, 0.05) is 41.4 Å². The number of ether oxygens (including phenoxy) is 1. The van der Waals surface area contributed by atoms with Gasteiger partial charge in [-0.1, -0.05) is 18.2 Å². The summed E-state index contributed by atoms with van der Waals surface area (Å²) < 4.78 is 62.0. The lowest BCUT2D eigenvalue weighted by atomic mass is 10.1. The number of sulfonamides is 1. The largest absolute Gasteiger partial charge is 0.504 e. The Hall–Kier alpha value is -4.62. The van der Waals surface area contributed by atoms with E-state index < -0.39 is 21.7 Å². The van der Waals surface area contributed by atoms with E-state index in [2.05, 4.69) is 25.0 Å². The van der Waals surface area contributed by atoms with Crippen molar-refractivity contribution in [3.63, 3.8) is 0 Å². The molecule has 0 radical (unpaired) electrons. The van der Waals surface area contributed by atoms with Crippen LogP contribution in [0.15, 0.2) is 78.2 Å². The smallest absolute Gasteiger partial charge is 0.281 e. The first-order valence-corrected chi connectivity index (χ1v) is 14.9. The number of methoxy groups -OCH3 is 1. The number of para-hydroxylation sites is 1. The summed E-state index contributed by atoms with van der Waals surface area (Å²) in [5, 5.41) is 13.3. The fourth-order valence-corrected chi connectivity index (χ4v) is 6.66. The summed E-state index contributed by atoms with van der Waals surface area (Å²) in [6.45, 7) is 1.86. The zero-order valence-corrected chi connectivity index (χ0v) is 24.1. The maximum atomic E-state index is 14.1. The van der Waals surface area contributed by atoms with E-state index in [9.17, 15) is 22.3 Å². The van der Waals surface area contributed by atoms with Gasteiger partial charge in [0.15, 0.2) is 33.3 Å². The average molecular weight is 610 g/mol. The number of rotatable bonds is 10. The molecule has 3 heterocycles. The third-order valence-electron chi connectivity index (χ3n) is 6.27. The van der Waals surface area contributed by atoms with Crippen LogP contribution in [0.5, 0.6) is 11.5 Å². The van der Waals surface area contributed by atoms with Crippen LogP contribution in [0, 0.1) is 18.6 Å². The molecule has 0 saturated carbocycles. The first kappa shape index (κ1) is 28.9. The molecule has 0 atom stereocenters. The van der Waals surface area contributed by atoms with Crippen LogP contribution in [-0.2, 0) is 23.0 Å². The van der Waals surface area contributed by atoms with Gasteiger partial charge in [0.1, 0.15) is 0 Å². The van der Waals surface area contributed by atoms with Gasteiger partial charge in [0.05, 0.1) is 24.7 Å². The van der Waals surface area contributed by atoms with Crippen molar-refractivity contribution in [2.24, 2.45) is 0 Å². The van der Waals surface area contributed by atoms with Crippen LogP contribution >= 0.6 is 11.3 Å². The third-order valence-corrected chi connectivity index (χ3v) is 8.77. The predicted octanol–water partition coefficient (Wildman–Crippen LogP) is 5.90. The molecule has 0 saturated heterocycles. The first-order valence-electron chi connectivity index (χ1n) is 12.6. The summed E-state index contributed by atoms with van der Waals surface area (Å²) in [6, 6.07) is 13.8. The predicted molar refractivity (Wildman–Crippen MR) is 156 cm³/mol. The Balaban J connectivity index is 1.39. The Kier molecular flexibility index (Phi) is 8.31. The molecule has 0 spiro atoms. The molecule has 0 amide bonds. The van der Waals surface area contributed by atoms with Gasteiger partial charge in [0.2, 0.25) is 0 Å². The molecule has 3 N–H and O–H groups in total. The normalized spacial score (nSPS) is 11.3. The Bertz CT molecular complexity index is 1850. The van der Waals surface area contributed by atoms with E-state index in [1.165, 1.54) is 19.4 Å². The number of aromatic hydroxyl groups is 1. The van der Waals surface area contributed by atoms with Gasteiger partial charge in [-0.2, -0.15) is 8.42 Å². The van der Waals surface area contributed by atoms with Crippen molar-refractivity contribution in [3.05, 3.63) is 106 Å². The second kappa shape index (κ2) is 12.1. The van der Waals surface area contributed by atoms with Crippen molar-refractivity contribution in [2.45, 2.75) is 24.9 Å². The highest BCUT2D eigenvalue weighted by molar-refractivity contribution is 7.92. The monoisotopic (exact) mass is 609 g/mol. The summed E-state index contributed by atoms with van der Waals surface area (Å²) in [5.41, 5.74) is 2.97. The van der Waals surface area contributed by atoms with Gasteiger partial charge in [-0.25, -0.2) is 18.7 Å². The van der Waals surface area contributed by atoms with Gasteiger partial charge in [-0.05, 0) is 54.4 Å². The number of thiazole rings is 1. The quantitative estimate of drug-likeness (QED) is 0.179. The summed E-state index contributed by atoms with van der Waals surface area (Å²) >= 11 is 1.08. The standard InChI is InChI=1S/C29H25F2N5O4S2/c1-17-11-21(33-15-20-6-3-7-24(40-2)27(20)37)16-34-28(17)42(38,39)36-29-35-26(19-8-9-22(30)23(31)13-19)25(41-29)12-18-5-4-10-32-14-18/h3-11,13-14,16,33,37H,12,15H2,1-2H3,(H,35,36). The van der Waals surface area contributed by atoms with E-state index in [0.717, 1.165) is 29.0 Å². The number of phenolic OH excluding ortho intramolecular Hbond substituents is 1. The SMILES string of the molecule is COc1cccc(CNc2cnc(S(=O)(=O)Nc3nc(-c4ccc(F)c(F)c4)c(Cc4cccnc4)s3)c(C)c2)c1O. The molecule has 13 heteroatoms. The highest BCUT2D eigenvalue weighted by Gasteiger charge is 2.23. The van der Waals surface area contributed by atoms with Crippen LogP contribution in [0.4, 0.5) is 19.6 Å². The molecule has 5 rings (SSSR count). The molecule has 2 aromatic carbocycles. The lowest BCUT2D eigenvalue weighted by molar-refractivity contribution is 0.371. The molecule has 0 bridgehead atoms. The fourth-order valence-electron chi connectivity index (χ4n) is 4.25. The van der Waals surface area contributed by atoms with E-state index in [4.69, 9.17) is 4.74 Å². The molecule has 0 fully saturated rings. The molecule has 42 heavy (non-hydrogen) atoms. The molecule has 3 aromatic heterocycles. The van der Waals surface area contributed by atoms with Crippen molar-refractivity contribution < 1.29 is 27.0 Å². The second-order valence-corrected chi connectivity index (χ2v) is 11.9. The number of phenols is 1. The average Bonchev–Trinajstić information content (AvgIpc) is 3.35. The summed E-state index contributed by atoms with van der Waals surface area (Å²) in [6.07, 6.45) is 5.02. The van der Waals surface area contributed by atoms with Gasteiger partial charge in [-0.3, -0.25) is 9.71 Å². The molecule has 0 unspecified atom stereocenters. The van der Waals surface area contributed by atoms with Crippen molar-refractivity contribution in [3.8, 4) is 22.8 Å². The molecule has 216 valence electrons. The number of pyridine rings is 2. The van der Waals surface area contributed by atoms with Crippen LogP contribution in [-0.4, -0.2) is 35.6 Å². The highest BCUT2D eigenvalue weighted by Crippen LogP contribution is 2.35. The van der Waals surface area contributed by atoms with E-state index in [1.54, 1.807) is 49.6 Å².